The SMILES string of the molecule is CCC1(C(=O)NCCOCCOC)CCNCC1. The second-order valence-electron chi connectivity index (χ2n) is 4.74. The van der Waals surface area contributed by atoms with Crippen molar-refractivity contribution in [1.82, 2.24) is 10.6 Å². The summed E-state index contributed by atoms with van der Waals surface area (Å²) in [5, 5.41) is 6.29. The minimum absolute atomic E-state index is 0.169. The van der Waals surface area contributed by atoms with E-state index in [4.69, 9.17) is 9.47 Å². The molecule has 1 fully saturated rings. The highest BCUT2D eigenvalue weighted by molar-refractivity contribution is 5.82. The molecule has 1 aliphatic heterocycles. The molecule has 1 aliphatic rings. The fraction of sp³-hybridized carbons (Fsp3) is 0.923. The van der Waals surface area contributed by atoms with Gasteiger partial charge in [-0.1, -0.05) is 6.92 Å². The zero-order valence-electron chi connectivity index (χ0n) is 11.6. The highest BCUT2D eigenvalue weighted by Gasteiger charge is 2.37. The van der Waals surface area contributed by atoms with Crippen molar-refractivity contribution in [3.05, 3.63) is 0 Å². The summed E-state index contributed by atoms with van der Waals surface area (Å²) >= 11 is 0. The quantitative estimate of drug-likeness (QED) is 0.624. The van der Waals surface area contributed by atoms with E-state index in [1.54, 1.807) is 7.11 Å². The fourth-order valence-electron chi connectivity index (χ4n) is 2.32. The van der Waals surface area contributed by atoms with Gasteiger partial charge in [0.05, 0.1) is 25.2 Å². The number of hydrogen-bond donors (Lipinski definition) is 2. The second kappa shape index (κ2) is 8.45. The molecule has 106 valence electrons. The van der Waals surface area contributed by atoms with Gasteiger partial charge in [0.15, 0.2) is 0 Å². The Hall–Kier alpha value is -0.650. The molecule has 0 spiro atoms. The minimum atomic E-state index is -0.169. The Labute approximate surface area is 110 Å². The van der Waals surface area contributed by atoms with Crippen LogP contribution in [-0.2, 0) is 14.3 Å². The summed E-state index contributed by atoms with van der Waals surface area (Å²) in [6.07, 6.45) is 2.77. The summed E-state index contributed by atoms with van der Waals surface area (Å²) in [5.41, 5.74) is -0.169. The number of methoxy groups -OCH3 is 1. The van der Waals surface area contributed by atoms with Gasteiger partial charge in [-0.2, -0.15) is 0 Å². The number of carbonyl (C=O) groups excluding carboxylic acids is 1. The van der Waals surface area contributed by atoms with Crippen LogP contribution in [0.2, 0.25) is 0 Å². The topological polar surface area (TPSA) is 59.6 Å². The monoisotopic (exact) mass is 258 g/mol. The molecule has 1 rings (SSSR count). The van der Waals surface area contributed by atoms with Gasteiger partial charge in [-0.3, -0.25) is 4.79 Å². The van der Waals surface area contributed by atoms with Crippen LogP contribution in [0.3, 0.4) is 0 Å². The molecule has 0 saturated carbocycles. The summed E-state index contributed by atoms with van der Waals surface area (Å²) in [7, 11) is 1.65. The van der Waals surface area contributed by atoms with Crippen molar-refractivity contribution in [2.45, 2.75) is 26.2 Å². The molecule has 0 atom stereocenters. The van der Waals surface area contributed by atoms with Crippen LogP contribution in [0.15, 0.2) is 0 Å². The summed E-state index contributed by atoms with van der Waals surface area (Å²) in [4.78, 5) is 12.2. The van der Waals surface area contributed by atoms with Gasteiger partial charge < -0.3 is 20.1 Å². The Balaban J connectivity index is 2.21. The zero-order chi connectivity index (χ0) is 13.3. The van der Waals surface area contributed by atoms with Crippen LogP contribution in [0.5, 0.6) is 0 Å². The molecule has 0 bridgehead atoms. The van der Waals surface area contributed by atoms with Gasteiger partial charge in [0.2, 0.25) is 5.91 Å². The molecule has 18 heavy (non-hydrogen) atoms. The lowest BCUT2D eigenvalue weighted by Gasteiger charge is -2.35. The number of amides is 1. The Morgan fingerprint density at radius 2 is 2.00 bits per heavy atom. The zero-order valence-corrected chi connectivity index (χ0v) is 11.6. The lowest BCUT2D eigenvalue weighted by molar-refractivity contribution is -0.133. The molecule has 0 aromatic heterocycles. The molecule has 5 heteroatoms. The van der Waals surface area contributed by atoms with Crippen molar-refractivity contribution in [3.8, 4) is 0 Å². The van der Waals surface area contributed by atoms with Gasteiger partial charge in [0.25, 0.3) is 0 Å². The number of carbonyl (C=O) groups is 1. The number of rotatable bonds is 8. The first-order chi connectivity index (χ1) is 8.75. The number of ether oxygens (including phenoxy) is 2. The maximum Gasteiger partial charge on any atom is 0.226 e. The van der Waals surface area contributed by atoms with Crippen LogP contribution in [0.1, 0.15) is 26.2 Å². The average Bonchev–Trinajstić information content (AvgIpc) is 2.43. The van der Waals surface area contributed by atoms with E-state index in [0.29, 0.717) is 26.4 Å². The summed E-state index contributed by atoms with van der Waals surface area (Å²) in [6.45, 7) is 6.27. The highest BCUT2D eigenvalue weighted by atomic mass is 16.5. The molecule has 0 unspecified atom stereocenters. The molecular weight excluding hydrogens is 232 g/mol. The van der Waals surface area contributed by atoms with E-state index < -0.39 is 0 Å². The molecule has 0 aromatic rings. The predicted molar refractivity (Wildman–Crippen MR) is 70.5 cm³/mol. The van der Waals surface area contributed by atoms with E-state index in [0.717, 1.165) is 32.4 Å². The number of piperidine rings is 1. The van der Waals surface area contributed by atoms with Crippen molar-refractivity contribution in [3.63, 3.8) is 0 Å². The first-order valence-electron chi connectivity index (χ1n) is 6.81. The Bertz CT molecular complexity index is 240. The molecular formula is C13H26N2O3. The molecule has 5 nitrogen and oxygen atoms in total. The van der Waals surface area contributed by atoms with Crippen molar-refractivity contribution < 1.29 is 14.3 Å². The highest BCUT2D eigenvalue weighted by Crippen LogP contribution is 2.32. The maximum absolute atomic E-state index is 12.2. The van der Waals surface area contributed by atoms with E-state index in [-0.39, 0.29) is 11.3 Å². The minimum Gasteiger partial charge on any atom is -0.382 e. The van der Waals surface area contributed by atoms with Crippen LogP contribution < -0.4 is 10.6 Å². The van der Waals surface area contributed by atoms with E-state index in [1.807, 2.05) is 0 Å². The Morgan fingerprint density at radius 3 is 2.61 bits per heavy atom. The van der Waals surface area contributed by atoms with Crippen molar-refractivity contribution in [2.24, 2.45) is 5.41 Å². The number of nitrogens with one attached hydrogen (secondary N) is 2. The van der Waals surface area contributed by atoms with E-state index in [1.165, 1.54) is 0 Å². The molecule has 1 saturated heterocycles. The van der Waals surface area contributed by atoms with Crippen LogP contribution in [0.25, 0.3) is 0 Å². The lowest BCUT2D eigenvalue weighted by Crippen LogP contribution is -2.48. The maximum atomic E-state index is 12.2. The summed E-state index contributed by atoms with van der Waals surface area (Å²) < 4.78 is 10.2. The molecule has 0 aliphatic carbocycles. The molecule has 2 N–H and O–H groups in total. The lowest BCUT2D eigenvalue weighted by atomic mass is 9.76. The van der Waals surface area contributed by atoms with E-state index in [2.05, 4.69) is 17.6 Å². The average molecular weight is 258 g/mol. The molecule has 1 heterocycles. The fourth-order valence-corrected chi connectivity index (χ4v) is 2.32. The smallest absolute Gasteiger partial charge is 0.226 e. The van der Waals surface area contributed by atoms with Crippen LogP contribution in [0, 0.1) is 5.41 Å². The Kier molecular flexibility index (Phi) is 7.23. The predicted octanol–water partition coefficient (Wildman–Crippen LogP) is 0.545. The largest absolute Gasteiger partial charge is 0.382 e. The van der Waals surface area contributed by atoms with Gasteiger partial charge in [0.1, 0.15) is 0 Å². The third kappa shape index (κ3) is 4.55. The van der Waals surface area contributed by atoms with Crippen molar-refractivity contribution in [2.75, 3.05) is 46.6 Å². The third-order valence-electron chi connectivity index (χ3n) is 3.68. The molecule has 1 amide bonds. The standard InChI is InChI=1S/C13H26N2O3/c1-3-13(4-6-14-7-5-13)12(16)15-8-9-18-11-10-17-2/h14H,3-11H2,1-2H3,(H,15,16). The molecule has 0 radical (unpaired) electrons. The van der Waals surface area contributed by atoms with Gasteiger partial charge in [0, 0.05) is 13.7 Å². The first kappa shape index (κ1) is 15.4. The molecule has 0 aromatic carbocycles. The third-order valence-corrected chi connectivity index (χ3v) is 3.68. The van der Waals surface area contributed by atoms with Crippen molar-refractivity contribution in [1.29, 1.82) is 0 Å². The Morgan fingerprint density at radius 1 is 1.28 bits per heavy atom. The number of hydrogen-bond acceptors (Lipinski definition) is 4. The van der Waals surface area contributed by atoms with Gasteiger partial charge in [-0.05, 0) is 32.4 Å². The van der Waals surface area contributed by atoms with E-state index in [9.17, 15) is 4.79 Å². The van der Waals surface area contributed by atoms with Crippen LogP contribution in [0.4, 0.5) is 0 Å². The van der Waals surface area contributed by atoms with Crippen molar-refractivity contribution >= 4 is 5.91 Å². The summed E-state index contributed by atoms with van der Waals surface area (Å²) in [5.74, 6) is 0.182. The van der Waals surface area contributed by atoms with Gasteiger partial charge in [-0.25, -0.2) is 0 Å². The van der Waals surface area contributed by atoms with Crippen LogP contribution in [-0.4, -0.2) is 52.5 Å². The van der Waals surface area contributed by atoms with E-state index >= 15 is 0 Å². The normalized spacial score (nSPS) is 18.6. The van der Waals surface area contributed by atoms with Gasteiger partial charge in [-0.15, -0.1) is 0 Å². The van der Waals surface area contributed by atoms with Gasteiger partial charge >= 0.3 is 0 Å². The first-order valence-corrected chi connectivity index (χ1v) is 6.81. The second-order valence-corrected chi connectivity index (χ2v) is 4.74. The van der Waals surface area contributed by atoms with Crippen LogP contribution >= 0.6 is 0 Å². The summed E-state index contributed by atoms with van der Waals surface area (Å²) in [6, 6.07) is 0.